The van der Waals surface area contributed by atoms with E-state index >= 15 is 0 Å². The Kier molecular flexibility index (Phi) is 5.19. The number of amides is 1. The summed E-state index contributed by atoms with van der Waals surface area (Å²) in [5.41, 5.74) is 2.45. The summed E-state index contributed by atoms with van der Waals surface area (Å²) < 4.78 is 2.32. The molecule has 1 aromatic heterocycles. The van der Waals surface area contributed by atoms with Crippen molar-refractivity contribution in [1.29, 1.82) is 0 Å². The third kappa shape index (κ3) is 3.60. The lowest BCUT2D eigenvalue weighted by molar-refractivity contribution is -0.140. The number of hydrogen-bond acceptors (Lipinski definition) is 4. The number of imidazole rings is 1. The highest BCUT2D eigenvalue weighted by molar-refractivity contribution is 5.77. The van der Waals surface area contributed by atoms with Crippen LogP contribution in [0.5, 0.6) is 0 Å². The first kappa shape index (κ1) is 18.4. The summed E-state index contributed by atoms with van der Waals surface area (Å²) in [4.78, 5) is 21.4. The Morgan fingerprint density at radius 1 is 1.22 bits per heavy atom. The fraction of sp³-hybridized carbons (Fsp3) is 0.619. The van der Waals surface area contributed by atoms with E-state index in [0.29, 0.717) is 13.0 Å². The molecule has 0 aliphatic carbocycles. The quantitative estimate of drug-likeness (QED) is 0.877. The van der Waals surface area contributed by atoms with Crippen molar-refractivity contribution in [3.8, 4) is 0 Å². The number of aliphatic hydroxyl groups excluding tert-OH is 1. The van der Waals surface area contributed by atoms with Gasteiger partial charge in [-0.2, -0.15) is 0 Å². The number of aliphatic hydroxyl groups is 1. The van der Waals surface area contributed by atoms with Crippen molar-refractivity contribution in [2.45, 2.75) is 45.7 Å². The number of nitrogens with zero attached hydrogens (tertiary/aromatic N) is 4. The molecular weight excluding hydrogens is 340 g/mol. The standard InChI is InChI=1S/C21H30N4O2/c1-2-25-18-7-4-3-6-17(18)22-19(25)14-23-11-5-9-21(15-23)10-8-20(27)24(16-21)12-13-26/h3-4,6-7,26H,2,5,8-16H2,1H3. The summed E-state index contributed by atoms with van der Waals surface area (Å²) in [6, 6.07) is 8.35. The van der Waals surface area contributed by atoms with E-state index in [1.807, 2.05) is 11.0 Å². The van der Waals surface area contributed by atoms with Crippen LogP contribution in [-0.4, -0.2) is 63.2 Å². The lowest BCUT2D eigenvalue weighted by Gasteiger charge is -2.48. The second kappa shape index (κ2) is 7.60. The number of β-amino-alcohol motifs (C(OH)–C–C–N with tert-alkyl or cyclic N) is 1. The molecule has 1 unspecified atom stereocenters. The van der Waals surface area contributed by atoms with Crippen LogP contribution < -0.4 is 0 Å². The summed E-state index contributed by atoms with van der Waals surface area (Å²) >= 11 is 0. The third-order valence-electron chi connectivity index (χ3n) is 6.27. The van der Waals surface area contributed by atoms with E-state index in [9.17, 15) is 9.90 Å². The van der Waals surface area contributed by atoms with Gasteiger partial charge in [0, 0.05) is 38.0 Å². The topological polar surface area (TPSA) is 61.6 Å². The van der Waals surface area contributed by atoms with Gasteiger partial charge in [0.25, 0.3) is 0 Å². The van der Waals surface area contributed by atoms with Crippen molar-refractivity contribution < 1.29 is 9.90 Å². The minimum atomic E-state index is 0.0477. The van der Waals surface area contributed by atoms with Crippen LogP contribution in [0.15, 0.2) is 24.3 Å². The Bertz CT molecular complexity index is 818. The van der Waals surface area contributed by atoms with Gasteiger partial charge in [0.15, 0.2) is 0 Å². The van der Waals surface area contributed by atoms with Gasteiger partial charge < -0.3 is 14.6 Å². The molecule has 3 heterocycles. The molecule has 6 nitrogen and oxygen atoms in total. The molecule has 2 aromatic rings. The van der Waals surface area contributed by atoms with Gasteiger partial charge in [-0.3, -0.25) is 9.69 Å². The molecule has 6 heteroatoms. The Hall–Kier alpha value is -1.92. The highest BCUT2D eigenvalue weighted by atomic mass is 16.3. The fourth-order valence-corrected chi connectivity index (χ4v) is 5.00. The van der Waals surface area contributed by atoms with Crippen LogP contribution in [0.1, 0.15) is 38.4 Å². The summed E-state index contributed by atoms with van der Waals surface area (Å²) in [6.45, 7) is 7.35. The van der Waals surface area contributed by atoms with Crippen molar-refractivity contribution in [2.24, 2.45) is 5.41 Å². The smallest absolute Gasteiger partial charge is 0.222 e. The molecular formula is C21H30N4O2. The van der Waals surface area contributed by atoms with Crippen LogP contribution in [0.2, 0.25) is 0 Å². The molecule has 1 spiro atoms. The number of para-hydroxylation sites is 2. The van der Waals surface area contributed by atoms with E-state index in [1.165, 1.54) is 11.9 Å². The number of benzene rings is 1. The second-order valence-corrected chi connectivity index (χ2v) is 8.11. The molecule has 2 saturated heterocycles. The maximum atomic E-state index is 12.2. The molecule has 2 aliphatic heterocycles. The predicted octanol–water partition coefficient (Wildman–Crippen LogP) is 2.25. The molecule has 2 fully saturated rings. The molecule has 2 aliphatic rings. The lowest BCUT2D eigenvalue weighted by atomic mass is 9.73. The lowest BCUT2D eigenvalue weighted by Crippen LogP contribution is -2.54. The Labute approximate surface area is 160 Å². The first-order valence-electron chi connectivity index (χ1n) is 10.2. The van der Waals surface area contributed by atoms with Crippen LogP contribution >= 0.6 is 0 Å². The average molecular weight is 370 g/mol. The fourth-order valence-electron chi connectivity index (χ4n) is 5.00. The summed E-state index contributed by atoms with van der Waals surface area (Å²) in [7, 11) is 0. The maximum absolute atomic E-state index is 12.2. The molecule has 0 radical (unpaired) electrons. The van der Waals surface area contributed by atoms with E-state index < -0.39 is 0 Å². The molecule has 1 atom stereocenters. The first-order valence-corrected chi connectivity index (χ1v) is 10.2. The largest absolute Gasteiger partial charge is 0.395 e. The van der Waals surface area contributed by atoms with Gasteiger partial charge in [0.05, 0.1) is 24.2 Å². The molecule has 1 amide bonds. The minimum Gasteiger partial charge on any atom is -0.395 e. The number of fused-ring (bicyclic) bond motifs is 1. The van der Waals surface area contributed by atoms with Gasteiger partial charge >= 0.3 is 0 Å². The van der Waals surface area contributed by atoms with Gasteiger partial charge in [-0.25, -0.2) is 4.98 Å². The van der Waals surface area contributed by atoms with Crippen molar-refractivity contribution in [3.05, 3.63) is 30.1 Å². The number of likely N-dealkylation sites (tertiary alicyclic amines) is 2. The molecule has 146 valence electrons. The molecule has 4 rings (SSSR count). The van der Waals surface area contributed by atoms with Gasteiger partial charge in [-0.1, -0.05) is 12.1 Å². The SMILES string of the molecule is CCn1c(CN2CCCC3(CCC(=O)N(CCO)C3)C2)nc2ccccc21. The summed E-state index contributed by atoms with van der Waals surface area (Å²) in [5.74, 6) is 1.33. The monoisotopic (exact) mass is 370 g/mol. The molecule has 1 N–H and O–H groups in total. The van der Waals surface area contributed by atoms with Crippen LogP contribution in [0.3, 0.4) is 0 Å². The van der Waals surface area contributed by atoms with E-state index in [1.54, 1.807) is 0 Å². The van der Waals surface area contributed by atoms with Gasteiger partial charge in [-0.15, -0.1) is 0 Å². The zero-order valence-electron chi connectivity index (χ0n) is 16.2. The zero-order valence-corrected chi connectivity index (χ0v) is 16.2. The summed E-state index contributed by atoms with van der Waals surface area (Å²) in [6.07, 6.45) is 3.91. The van der Waals surface area contributed by atoms with Crippen molar-refractivity contribution in [1.82, 2.24) is 19.4 Å². The van der Waals surface area contributed by atoms with Crippen molar-refractivity contribution >= 4 is 16.9 Å². The summed E-state index contributed by atoms with van der Waals surface area (Å²) in [5, 5.41) is 9.28. The van der Waals surface area contributed by atoms with Crippen molar-refractivity contribution in [2.75, 3.05) is 32.8 Å². The first-order chi connectivity index (χ1) is 13.1. The zero-order chi connectivity index (χ0) is 18.9. The number of carbonyl (C=O) groups excluding carboxylic acids is 1. The maximum Gasteiger partial charge on any atom is 0.222 e. The number of aromatic nitrogens is 2. The van der Waals surface area contributed by atoms with E-state index in [2.05, 4.69) is 34.6 Å². The van der Waals surface area contributed by atoms with Crippen LogP contribution in [-0.2, 0) is 17.9 Å². The van der Waals surface area contributed by atoms with Gasteiger partial charge in [0.1, 0.15) is 5.82 Å². The number of rotatable bonds is 5. The van der Waals surface area contributed by atoms with E-state index in [0.717, 1.165) is 56.9 Å². The molecule has 1 aromatic carbocycles. The van der Waals surface area contributed by atoms with Crippen LogP contribution in [0.4, 0.5) is 0 Å². The Balaban J connectivity index is 1.51. The average Bonchev–Trinajstić information content (AvgIpc) is 3.02. The molecule has 0 bridgehead atoms. The number of carbonyl (C=O) groups is 1. The predicted molar refractivity (Wildman–Crippen MR) is 105 cm³/mol. The Morgan fingerprint density at radius 3 is 2.89 bits per heavy atom. The van der Waals surface area contributed by atoms with E-state index in [-0.39, 0.29) is 17.9 Å². The molecule has 0 saturated carbocycles. The highest BCUT2D eigenvalue weighted by Gasteiger charge is 2.41. The number of piperidine rings is 2. The van der Waals surface area contributed by atoms with Crippen LogP contribution in [0.25, 0.3) is 11.0 Å². The minimum absolute atomic E-state index is 0.0477. The second-order valence-electron chi connectivity index (χ2n) is 8.11. The number of aryl methyl sites for hydroxylation is 1. The van der Waals surface area contributed by atoms with Crippen molar-refractivity contribution in [3.63, 3.8) is 0 Å². The highest BCUT2D eigenvalue weighted by Crippen LogP contribution is 2.39. The van der Waals surface area contributed by atoms with Gasteiger partial charge in [-0.05, 0) is 44.9 Å². The Morgan fingerprint density at radius 2 is 2.07 bits per heavy atom. The third-order valence-corrected chi connectivity index (χ3v) is 6.27. The normalized spacial score (nSPS) is 24.2. The van der Waals surface area contributed by atoms with E-state index in [4.69, 9.17) is 4.98 Å². The van der Waals surface area contributed by atoms with Gasteiger partial charge in [0.2, 0.25) is 5.91 Å². The van der Waals surface area contributed by atoms with Crippen LogP contribution in [0, 0.1) is 5.41 Å². The number of hydrogen-bond donors (Lipinski definition) is 1. The molecule has 27 heavy (non-hydrogen) atoms.